The third kappa shape index (κ3) is 1.92. The maximum Gasteiger partial charge on any atom is 0.153 e. The number of rotatable bonds is 3. The van der Waals surface area contributed by atoms with Gasteiger partial charge in [0.15, 0.2) is 6.29 Å². The van der Waals surface area contributed by atoms with Crippen molar-refractivity contribution in [2.75, 3.05) is 7.11 Å². The lowest BCUT2D eigenvalue weighted by atomic mass is 10.0. The molecule has 0 spiro atoms. The van der Waals surface area contributed by atoms with Crippen molar-refractivity contribution in [2.45, 2.75) is 13.0 Å². The summed E-state index contributed by atoms with van der Waals surface area (Å²) < 4.78 is 17.9. The van der Waals surface area contributed by atoms with Gasteiger partial charge in [-0.2, -0.15) is 0 Å². The van der Waals surface area contributed by atoms with Crippen LogP contribution in [0.15, 0.2) is 18.2 Å². The van der Waals surface area contributed by atoms with Crippen molar-refractivity contribution < 1.29 is 13.9 Å². The monoisotopic (exact) mass is 182 g/mol. The second-order valence-corrected chi connectivity index (χ2v) is 2.75. The zero-order valence-electron chi connectivity index (χ0n) is 7.58. The Bertz CT molecular complexity index is 310. The van der Waals surface area contributed by atoms with Crippen LogP contribution in [0.5, 0.6) is 0 Å². The molecule has 0 bridgehead atoms. The predicted octanol–water partition coefficient (Wildman–Crippen LogP) is 2.02. The second-order valence-electron chi connectivity index (χ2n) is 2.75. The summed E-state index contributed by atoms with van der Waals surface area (Å²) in [5, 5.41) is 0. The van der Waals surface area contributed by atoms with Crippen molar-refractivity contribution in [1.29, 1.82) is 0 Å². The minimum atomic E-state index is -0.671. The largest absolute Gasteiger partial charge is 0.369 e. The van der Waals surface area contributed by atoms with Crippen LogP contribution in [0.1, 0.15) is 17.2 Å². The number of methoxy groups -OCH3 is 1. The van der Waals surface area contributed by atoms with E-state index in [1.807, 2.05) is 0 Å². The van der Waals surface area contributed by atoms with Gasteiger partial charge in [0.2, 0.25) is 0 Å². The first-order valence-electron chi connectivity index (χ1n) is 3.93. The maximum atomic E-state index is 13.0. The molecule has 0 N–H and O–H groups in total. The molecule has 0 heterocycles. The minimum absolute atomic E-state index is 0.318. The Morgan fingerprint density at radius 2 is 2.23 bits per heavy atom. The molecule has 0 aromatic heterocycles. The van der Waals surface area contributed by atoms with Crippen LogP contribution < -0.4 is 0 Å². The van der Waals surface area contributed by atoms with Gasteiger partial charge in [0.05, 0.1) is 0 Å². The molecule has 0 saturated carbocycles. The van der Waals surface area contributed by atoms with Crippen LogP contribution in [0.4, 0.5) is 4.39 Å². The fourth-order valence-corrected chi connectivity index (χ4v) is 1.19. The lowest BCUT2D eigenvalue weighted by Crippen LogP contribution is -2.05. The first-order chi connectivity index (χ1) is 6.20. The third-order valence-electron chi connectivity index (χ3n) is 1.99. The second kappa shape index (κ2) is 4.14. The smallest absolute Gasteiger partial charge is 0.153 e. The van der Waals surface area contributed by atoms with Gasteiger partial charge >= 0.3 is 0 Å². The number of aldehydes is 1. The molecule has 2 nitrogen and oxygen atoms in total. The highest BCUT2D eigenvalue weighted by molar-refractivity contribution is 5.61. The normalized spacial score (nSPS) is 12.5. The quantitative estimate of drug-likeness (QED) is 0.668. The van der Waals surface area contributed by atoms with Gasteiger partial charge in [0.1, 0.15) is 11.9 Å². The zero-order chi connectivity index (χ0) is 9.84. The van der Waals surface area contributed by atoms with E-state index in [-0.39, 0.29) is 5.82 Å². The Hall–Kier alpha value is -1.22. The molecule has 1 atom stereocenters. The molecule has 0 radical (unpaired) electrons. The number of carbonyl (C=O) groups excluding carboxylic acids is 1. The van der Waals surface area contributed by atoms with Gasteiger partial charge in [0.25, 0.3) is 0 Å². The molecule has 3 heteroatoms. The van der Waals surface area contributed by atoms with E-state index in [2.05, 4.69) is 0 Å². The van der Waals surface area contributed by atoms with E-state index in [0.29, 0.717) is 17.4 Å². The SMILES string of the molecule is CO[C@@H](C=O)c1cccc(F)c1C. The average Bonchev–Trinajstić information content (AvgIpc) is 2.14. The summed E-state index contributed by atoms with van der Waals surface area (Å²) in [7, 11) is 1.42. The zero-order valence-corrected chi connectivity index (χ0v) is 7.58. The molecule has 0 unspecified atom stereocenters. The molecule has 1 aromatic carbocycles. The standard InChI is InChI=1S/C10H11FO2/c1-7-8(10(6-12)13-2)4-3-5-9(7)11/h3-6,10H,1-2H3/t10-/m0/s1. The molecule has 1 aromatic rings. The molecule has 0 aliphatic carbocycles. The van der Waals surface area contributed by atoms with E-state index in [1.165, 1.54) is 13.2 Å². The Labute approximate surface area is 76.3 Å². The van der Waals surface area contributed by atoms with Crippen LogP contribution in [-0.4, -0.2) is 13.4 Å². The van der Waals surface area contributed by atoms with Crippen LogP contribution >= 0.6 is 0 Å². The summed E-state index contributed by atoms with van der Waals surface area (Å²) >= 11 is 0. The topological polar surface area (TPSA) is 26.3 Å². The first kappa shape index (κ1) is 9.86. The van der Waals surface area contributed by atoms with Crippen molar-refractivity contribution in [3.63, 3.8) is 0 Å². The first-order valence-corrected chi connectivity index (χ1v) is 3.93. The summed E-state index contributed by atoms with van der Waals surface area (Å²) in [6.45, 7) is 1.63. The van der Waals surface area contributed by atoms with E-state index in [9.17, 15) is 9.18 Å². The van der Waals surface area contributed by atoms with Gasteiger partial charge in [-0.25, -0.2) is 4.39 Å². The highest BCUT2D eigenvalue weighted by atomic mass is 19.1. The molecule has 70 valence electrons. The fraction of sp³-hybridized carbons (Fsp3) is 0.300. The van der Waals surface area contributed by atoms with Crippen LogP contribution in [0.2, 0.25) is 0 Å². The highest BCUT2D eigenvalue weighted by Gasteiger charge is 2.13. The average molecular weight is 182 g/mol. The lowest BCUT2D eigenvalue weighted by molar-refractivity contribution is -0.116. The van der Waals surface area contributed by atoms with Gasteiger partial charge in [-0.3, -0.25) is 0 Å². The molecule has 1 rings (SSSR count). The fourth-order valence-electron chi connectivity index (χ4n) is 1.19. The molecule has 0 aliphatic heterocycles. The lowest BCUT2D eigenvalue weighted by Gasteiger charge is -2.11. The number of ether oxygens (including phenoxy) is 1. The summed E-state index contributed by atoms with van der Waals surface area (Å²) in [5.41, 5.74) is 1.04. The molecule has 0 amide bonds. The van der Waals surface area contributed by atoms with Gasteiger partial charge in [-0.1, -0.05) is 12.1 Å². The Morgan fingerprint density at radius 1 is 1.54 bits per heavy atom. The third-order valence-corrected chi connectivity index (χ3v) is 1.99. The number of benzene rings is 1. The van der Waals surface area contributed by atoms with Gasteiger partial charge in [-0.15, -0.1) is 0 Å². The molecular weight excluding hydrogens is 171 g/mol. The molecule has 0 saturated heterocycles. The highest BCUT2D eigenvalue weighted by Crippen LogP contribution is 2.20. The summed E-state index contributed by atoms with van der Waals surface area (Å²) in [6.07, 6.45) is -0.0161. The van der Waals surface area contributed by atoms with Crippen molar-refractivity contribution in [1.82, 2.24) is 0 Å². The Kier molecular flexibility index (Phi) is 3.14. The molecule has 13 heavy (non-hydrogen) atoms. The van der Waals surface area contributed by atoms with Crippen LogP contribution in [-0.2, 0) is 9.53 Å². The van der Waals surface area contributed by atoms with Gasteiger partial charge < -0.3 is 9.53 Å². The Morgan fingerprint density at radius 3 is 2.77 bits per heavy atom. The maximum absolute atomic E-state index is 13.0. The minimum Gasteiger partial charge on any atom is -0.369 e. The van der Waals surface area contributed by atoms with E-state index in [4.69, 9.17) is 4.74 Å². The van der Waals surface area contributed by atoms with Gasteiger partial charge in [0, 0.05) is 7.11 Å². The predicted molar refractivity (Wildman–Crippen MR) is 47.0 cm³/mol. The summed E-state index contributed by atoms with van der Waals surface area (Å²) in [6, 6.07) is 4.60. The van der Waals surface area contributed by atoms with E-state index < -0.39 is 6.10 Å². The number of hydrogen-bond acceptors (Lipinski definition) is 2. The van der Waals surface area contributed by atoms with E-state index in [0.717, 1.165) is 0 Å². The van der Waals surface area contributed by atoms with Crippen LogP contribution in [0, 0.1) is 12.7 Å². The van der Waals surface area contributed by atoms with E-state index >= 15 is 0 Å². The molecule has 0 fully saturated rings. The number of halogens is 1. The van der Waals surface area contributed by atoms with Crippen molar-refractivity contribution in [2.24, 2.45) is 0 Å². The summed E-state index contributed by atoms with van der Waals surface area (Å²) in [5.74, 6) is -0.318. The Balaban J connectivity index is 3.13. The molecular formula is C10H11FO2. The summed E-state index contributed by atoms with van der Waals surface area (Å²) in [4.78, 5) is 10.6. The van der Waals surface area contributed by atoms with Crippen molar-refractivity contribution >= 4 is 6.29 Å². The number of hydrogen-bond donors (Lipinski definition) is 0. The number of carbonyl (C=O) groups is 1. The van der Waals surface area contributed by atoms with E-state index in [1.54, 1.807) is 19.1 Å². The van der Waals surface area contributed by atoms with Crippen LogP contribution in [0.25, 0.3) is 0 Å². The van der Waals surface area contributed by atoms with Crippen LogP contribution in [0.3, 0.4) is 0 Å². The van der Waals surface area contributed by atoms with Crippen molar-refractivity contribution in [3.8, 4) is 0 Å². The van der Waals surface area contributed by atoms with Gasteiger partial charge in [-0.05, 0) is 24.1 Å². The van der Waals surface area contributed by atoms with Crippen molar-refractivity contribution in [3.05, 3.63) is 35.1 Å². The molecule has 0 aliphatic rings.